The number of hydrogen-bond acceptors (Lipinski definition) is 2. The Balaban J connectivity index is 2.32. The lowest BCUT2D eigenvalue weighted by Crippen LogP contribution is -2.40. The topological polar surface area (TPSA) is 37.3 Å². The van der Waals surface area contributed by atoms with Crippen LogP contribution in [0, 0.1) is 12.7 Å². The fourth-order valence-corrected chi connectivity index (χ4v) is 2.45. The fraction of sp³-hybridized carbons (Fsp3) is 0.500. The van der Waals surface area contributed by atoms with Crippen LogP contribution in [-0.2, 0) is 0 Å². The van der Waals surface area contributed by atoms with Gasteiger partial charge in [0.2, 0.25) is 0 Å². The van der Waals surface area contributed by atoms with Gasteiger partial charge in [-0.1, -0.05) is 25.3 Å². The van der Waals surface area contributed by atoms with E-state index in [-0.39, 0.29) is 5.78 Å². The molecule has 1 aliphatic rings. The van der Waals surface area contributed by atoms with Gasteiger partial charge >= 0.3 is 0 Å². The minimum absolute atomic E-state index is 0.314. The van der Waals surface area contributed by atoms with Crippen LogP contribution < -0.4 is 0 Å². The Morgan fingerprint density at radius 2 is 1.94 bits per heavy atom. The van der Waals surface area contributed by atoms with Gasteiger partial charge in [-0.2, -0.15) is 0 Å². The van der Waals surface area contributed by atoms with Crippen LogP contribution in [0.25, 0.3) is 0 Å². The van der Waals surface area contributed by atoms with E-state index < -0.39 is 11.4 Å². The van der Waals surface area contributed by atoms with Gasteiger partial charge < -0.3 is 5.11 Å². The van der Waals surface area contributed by atoms with E-state index in [0.29, 0.717) is 18.4 Å². The molecule has 0 aromatic heterocycles. The van der Waals surface area contributed by atoms with Crippen molar-refractivity contribution in [2.45, 2.75) is 44.6 Å². The van der Waals surface area contributed by atoms with E-state index in [1.807, 2.05) is 0 Å². The highest BCUT2D eigenvalue weighted by Gasteiger charge is 2.38. The summed E-state index contributed by atoms with van der Waals surface area (Å²) in [6, 6.07) is 4.13. The number of hydrogen-bond donors (Lipinski definition) is 1. The van der Waals surface area contributed by atoms with Crippen molar-refractivity contribution in [1.29, 1.82) is 0 Å². The number of rotatable bonds is 2. The molecule has 0 bridgehead atoms. The molecular formula is C14H17FO2. The summed E-state index contributed by atoms with van der Waals surface area (Å²) < 4.78 is 13.2. The monoisotopic (exact) mass is 236 g/mol. The quantitative estimate of drug-likeness (QED) is 0.801. The third-order valence-electron chi connectivity index (χ3n) is 3.55. The predicted molar refractivity (Wildman–Crippen MR) is 63.5 cm³/mol. The summed E-state index contributed by atoms with van der Waals surface area (Å²) >= 11 is 0. The predicted octanol–water partition coefficient (Wildman–Crippen LogP) is 3.01. The molecule has 3 heteroatoms. The van der Waals surface area contributed by atoms with Crippen molar-refractivity contribution in [3.63, 3.8) is 0 Å². The highest BCUT2D eigenvalue weighted by Crippen LogP contribution is 2.32. The maximum Gasteiger partial charge on any atom is 0.194 e. The molecule has 2 nitrogen and oxygen atoms in total. The SMILES string of the molecule is Cc1ccc(F)cc1C(=O)C1(O)CCCCC1. The number of carbonyl (C=O) groups excluding carboxylic acids is 1. The number of aryl methyl sites for hydroxylation is 1. The van der Waals surface area contributed by atoms with Gasteiger partial charge in [0.25, 0.3) is 0 Å². The first-order valence-electron chi connectivity index (χ1n) is 6.06. The molecular weight excluding hydrogens is 219 g/mol. The zero-order chi connectivity index (χ0) is 12.5. The van der Waals surface area contributed by atoms with Crippen LogP contribution >= 0.6 is 0 Å². The molecule has 0 atom stereocenters. The molecule has 1 fully saturated rings. The molecule has 1 saturated carbocycles. The summed E-state index contributed by atoms with van der Waals surface area (Å²) in [5.41, 5.74) is -0.249. The zero-order valence-corrected chi connectivity index (χ0v) is 10.0. The Labute approximate surface area is 100 Å². The standard InChI is InChI=1S/C14H17FO2/c1-10-5-6-11(15)9-12(10)13(16)14(17)7-3-2-4-8-14/h5-6,9,17H,2-4,7-8H2,1H3. The van der Waals surface area contributed by atoms with Crippen LogP contribution in [0.3, 0.4) is 0 Å². The first-order chi connectivity index (χ1) is 8.03. The highest BCUT2D eigenvalue weighted by molar-refractivity contribution is 6.03. The number of ketones is 1. The molecule has 92 valence electrons. The molecule has 1 N–H and O–H groups in total. The molecule has 1 aliphatic carbocycles. The Hall–Kier alpha value is -1.22. The van der Waals surface area contributed by atoms with Crippen molar-refractivity contribution in [2.75, 3.05) is 0 Å². The van der Waals surface area contributed by atoms with Gasteiger partial charge in [-0.3, -0.25) is 4.79 Å². The smallest absolute Gasteiger partial charge is 0.194 e. The van der Waals surface area contributed by atoms with E-state index in [0.717, 1.165) is 24.8 Å². The van der Waals surface area contributed by atoms with Crippen molar-refractivity contribution >= 4 is 5.78 Å². The third-order valence-corrected chi connectivity index (χ3v) is 3.55. The molecule has 0 aliphatic heterocycles. The molecule has 0 amide bonds. The second-order valence-corrected chi connectivity index (χ2v) is 4.88. The van der Waals surface area contributed by atoms with Gasteiger partial charge in [0.05, 0.1) is 0 Å². The molecule has 0 unspecified atom stereocenters. The minimum atomic E-state index is -1.28. The van der Waals surface area contributed by atoms with Crippen LogP contribution in [0.2, 0.25) is 0 Å². The van der Waals surface area contributed by atoms with Crippen molar-refractivity contribution < 1.29 is 14.3 Å². The maximum atomic E-state index is 13.2. The number of aliphatic hydroxyl groups is 1. The first-order valence-corrected chi connectivity index (χ1v) is 6.06. The van der Waals surface area contributed by atoms with E-state index in [1.54, 1.807) is 13.0 Å². The first kappa shape index (κ1) is 12.2. The van der Waals surface area contributed by atoms with E-state index in [9.17, 15) is 14.3 Å². The second-order valence-electron chi connectivity index (χ2n) is 4.88. The van der Waals surface area contributed by atoms with Crippen LogP contribution in [0.4, 0.5) is 4.39 Å². The summed E-state index contributed by atoms with van der Waals surface area (Å²) in [6.45, 7) is 1.76. The van der Waals surface area contributed by atoms with Gasteiger partial charge in [0.15, 0.2) is 5.78 Å². The molecule has 1 aromatic carbocycles. The Kier molecular flexibility index (Phi) is 3.29. The summed E-state index contributed by atoms with van der Waals surface area (Å²) in [7, 11) is 0. The number of benzene rings is 1. The molecule has 2 rings (SSSR count). The molecule has 17 heavy (non-hydrogen) atoms. The van der Waals surface area contributed by atoms with Crippen molar-refractivity contribution in [3.05, 3.63) is 35.1 Å². The fourth-order valence-electron chi connectivity index (χ4n) is 2.45. The summed E-state index contributed by atoms with van der Waals surface area (Å²) in [4.78, 5) is 12.3. The zero-order valence-electron chi connectivity index (χ0n) is 10.0. The van der Waals surface area contributed by atoms with Crippen molar-refractivity contribution in [3.8, 4) is 0 Å². The molecule has 1 aromatic rings. The van der Waals surface area contributed by atoms with Gasteiger partial charge in [-0.05, 0) is 37.5 Å². The third kappa shape index (κ3) is 2.39. The lowest BCUT2D eigenvalue weighted by atomic mass is 9.79. The van der Waals surface area contributed by atoms with Crippen molar-refractivity contribution in [1.82, 2.24) is 0 Å². The Bertz CT molecular complexity index is 434. The summed E-state index contributed by atoms with van der Waals surface area (Å²) in [6.07, 6.45) is 3.74. The average Bonchev–Trinajstić information content (AvgIpc) is 2.32. The van der Waals surface area contributed by atoms with Crippen LogP contribution in [0.5, 0.6) is 0 Å². The molecule has 0 spiro atoms. The van der Waals surface area contributed by atoms with Crippen LogP contribution in [-0.4, -0.2) is 16.5 Å². The van der Waals surface area contributed by atoms with Gasteiger partial charge in [-0.25, -0.2) is 4.39 Å². The van der Waals surface area contributed by atoms with Crippen LogP contribution in [0.15, 0.2) is 18.2 Å². The van der Waals surface area contributed by atoms with Crippen molar-refractivity contribution in [2.24, 2.45) is 0 Å². The lowest BCUT2D eigenvalue weighted by molar-refractivity contribution is 0.0115. The van der Waals surface area contributed by atoms with Gasteiger partial charge in [-0.15, -0.1) is 0 Å². The van der Waals surface area contributed by atoms with Crippen LogP contribution in [0.1, 0.15) is 48.0 Å². The summed E-state index contributed by atoms with van der Waals surface area (Å²) in [5.74, 6) is -0.757. The Morgan fingerprint density at radius 3 is 2.59 bits per heavy atom. The van der Waals surface area contributed by atoms with E-state index in [4.69, 9.17) is 0 Å². The normalized spacial score (nSPS) is 19.0. The minimum Gasteiger partial charge on any atom is -0.382 e. The molecule has 0 heterocycles. The van der Waals surface area contributed by atoms with E-state index in [2.05, 4.69) is 0 Å². The largest absolute Gasteiger partial charge is 0.382 e. The van der Waals surface area contributed by atoms with E-state index >= 15 is 0 Å². The number of carbonyl (C=O) groups is 1. The maximum absolute atomic E-state index is 13.2. The molecule has 0 radical (unpaired) electrons. The molecule has 0 saturated heterocycles. The Morgan fingerprint density at radius 1 is 1.29 bits per heavy atom. The number of halogens is 1. The highest BCUT2D eigenvalue weighted by atomic mass is 19.1. The average molecular weight is 236 g/mol. The lowest BCUT2D eigenvalue weighted by Gasteiger charge is -2.30. The number of Topliss-reactive ketones (excluding diaryl/α,β-unsaturated/α-hetero) is 1. The van der Waals surface area contributed by atoms with Gasteiger partial charge in [0.1, 0.15) is 11.4 Å². The summed E-state index contributed by atoms with van der Waals surface area (Å²) in [5, 5.41) is 10.3. The van der Waals surface area contributed by atoms with E-state index in [1.165, 1.54) is 12.1 Å². The second kappa shape index (κ2) is 4.57. The van der Waals surface area contributed by atoms with Gasteiger partial charge in [0, 0.05) is 5.56 Å².